The second-order valence-electron chi connectivity index (χ2n) is 3.83. The van der Waals surface area contributed by atoms with E-state index in [1.54, 1.807) is 17.4 Å². The molecule has 0 aliphatic heterocycles. The van der Waals surface area contributed by atoms with Crippen molar-refractivity contribution in [3.8, 4) is 10.6 Å². The number of carboxylic acid groups (broad SMARTS) is 1. The molecule has 2 aromatic rings. The van der Waals surface area contributed by atoms with Crippen LogP contribution in [0.1, 0.15) is 21.6 Å². The Hall–Kier alpha value is -1.55. The highest BCUT2D eigenvalue weighted by Gasteiger charge is 2.17. The molecule has 84 valence electrons. The van der Waals surface area contributed by atoms with Crippen LogP contribution in [-0.4, -0.2) is 15.6 Å². The summed E-state index contributed by atoms with van der Waals surface area (Å²) in [6, 6.07) is 3.79. The van der Waals surface area contributed by atoms with Crippen LogP contribution < -0.4 is 0 Å². The third-order valence-corrected chi connectivity index (χ3v) is 3.90. The smallest absolute Gasteiger partial charge is 0.337 e. The predicted molar refractivity (Wildman–Crippen MR) is 65.2 cm³/mol. The molecule has 3 nitrogen and oxygen atoms in total. The summed E-state index contributed by atoms with van der Waals surface area (Å²) in [5, 5.41) is 11.1. The van der Waals surface area contributed by atoms with Crippen LogP contribution in [0.25, 0.3) is 10.6 Å². The van der Waals surface area contributed by atoms with Gasteiger partial charge in [0.2, 0.25) is 0 Å². The lowest BCUT2D eigenvalue weighted by Crippen LogP contribution is -1.99. The van der Waals surface area contributed by atoms with Gasteiger partial charge in [0.1, 0.15) is 0 Å². The minimum Gasteiger partial charge on any atom is -0.478 e. The highest BCUT2D eigenvalue weighted by molar-refractivity contribution is 7.13. The zero-order chi connectivity index (χ0) is 11.9. The minimum atomic E-state index is -0.867. The maximum atomic E-state index is 11.0. The number of hydrogen-bond donors (Lipinski definition) is 1. The van der Waals surface area contributed by atoms with Gasteiger partial charge < -0.3 is 9.67 Å². The number of carboxylic acids is 1. The van der Waals surface area contributed by atoms with Crippen LogP contribution in [0.5, 0.6) is 0 Å². The summed E-state index contributed by atoms with van der Waals surface area (Å²) in [5.74, 6) is -0.867. The monoisotopic (exact) mass is 235 g/mol. The molecule has 16 heavy (non-hydrogen) atoms. The number of aromatic carboxylic acids is 1. The number of carbonyl (C=O) groups is 1. The molecule has 1 N–H and O–H groups in total. The molecule has 4 heteroatoms. The minimum absolute atomic E-state index is 0.380. The topological polar surface area (TPSA) is 42.2 Å². The Morgan fingerprint density at radius 1 is 1.44 bits per heavy atom. The van der Waals surface area contributed by atoms with Crippen molar-refractivity contribution in [3.05, 3.63) is 34.3 Å². The Labute approximate surface area is 98.0 Å². The van der Waals surface area contributed by atoms with Gasteiger partial charge in [0.15, 0.2) is 0 Å². The lowest BCUT2D eigenvalue weighted by atomic mass is 10.2. The van der Waals surface area contributed by atoms with Gasteiger partial charge in [0.25, 0.3) is 0 Å². The van der Waals surface area contributed by atoms with E-state index < -0.39 is 5.97 Å². The van der Waals surface area contributed by atoms with Gasteiger partial charge in [-0.25, -0.2) is 4.79 Å². The zero-order valence-corrected chi connectivity index (χ0v) is 10.3. The molecular formula is C12H13NO2S. The van der Waals surface area contributed by atoms with Crippen molar-refractivity contribution < 1.29 is 9.90 Å². The summed E-state index contributed by atoms with van der Waals surface area (Å²) in [5.41, 5.74) is 3.32. The lowest BCUT2D eigenvalue weighted by Gasteiger charge is -2.03. The fourth-order valence-corrected chi connectivity index (χ4v) is 2.75. The van der Waals surface area contributed by atoms with Gasteiger partial charge in [-0.3, -0.25) is 0 Å². The molecule has 0 atom stereocenters. The Balaban J connectivity index is 2.64. The molecule has 0 amide bonds. The largest absolute Gasteiger partial charge is 0.478 e. The normalized spacial score (nSPS) is 10.7. The molecule has 2 heterocycles. The number of thiophene rings is 1. The fraction of sp³-hybridized carbons (Fsp3) is 0.250. The Morgan fingerprint density at radius 2 is 2.12 bits per heavy atom. The first-order valence-corrected chi connectivity index (χ1v) is 5.84. The Kier molecular flexibility index (Phi) is 2.59. The van der Waals surface area contributed by atoms with E-state index in [0.29, 0.717) is 5.56 Å². The molecule has 0 aromatic carbocycles. The highest BCUT2D eigenvalue weighted by atomic mass is 32.1. The lowest BCUT2D eigenvalue weighted by molar-refractivity contribution is 0.0696. The van der Waals surface area contributed by atoms with E-state index in [9.17, 15) is 4.79 Å². The zero-order valence-electron chi connectivity index (χ0n) is 9.44. The summed E-state index contributed by atoms with van der Waals surface area (Å²) in [7, 11) is 1.90. The van der Waals surface area contributed by atoms with Crippen molar-refractivity contribution in [2.45, 2.75) is 13.8 Å². The average Bonchev–Trinajstić information content (AvgIpc) is 2.74. The van der Waals surface area contributed by atoms with E-state index in [2.05, 4.69) is 0 Å². The second-order valence-corrected chi connectivity index (χ2v) is 4.74. The predicted octanol–water partition coefficient (Wildman–Crippen LogP) is 3.07. The quantitative estimate of drug-likeness (QED) is 0.869. The van der Waals surface area contributed by atoms with Crippen LogP contribution in [0.2, 0.25) is 0 Å². The third kappa shape index (κ3) is 1.55. The van der Waals surface area contributed by atoms with Gasteiger partial charge in [-0.15, -0.1) is 11.3 Å². The van der Waals surface area contributed by atoms with E-state index in [4.69, 9.17) is 5.11 Å². The maximum absolute atomic E-state index is 11.0. The molecule has 2 aromatic heterocycles. The molecule has 0 aliphatic carbocycles. The van der Waals surface area contributed by atoms with Gasteiger partial charge in [-0.05, 0) is 36.9 Å². The molecule has 0 saturated carbocycles. The van der Waals surface area contributed by atoms with Gasteiger partial charge in [-0.1, -0.05) is 0 Å². The van der Waals surface area contributed by atoms with Crippen LogP contribution in [0.15, 0.2) is 17.5 Å². The number of rotatable bonds is 2. The number of aromatic nitrogens is 1. The molecule has 0 unspecified atom stereocenters. The van der Waals surface area contributed by atoms with Crippen LogP contribution in [0, 0.1) is 13.8 Å². The Morgan fingerprint density at radius 3 is 2.56 bits per heavy atom. The van der Waals surface area contributed by atoms with Crippen molar-refractivity contribution in [2.75, 3.05) is 0 Å². The Bertz CT molecular complexity index is 551. The van der Waals surface area contributed by atoms with Gasteiger partial charge >= 0.3 is 5.97 Å². The van der Waals surface area contributed by atoms with Crippen LogP contribution in [-0.2, 0) is 7.05 Å². The van der Waals surface area contributed by atoms with Crippen molar-refractivity contribution >= 4 is 17.3 Å². The van der Waals surface area contributed by atoms with Crippen molar-refractivity contribution in [2.24, 2.45) is 7.05 Å². The van der Waals surface area contributed by atoms with E-state index in [0.717, 1.165) is 16.3 Å². The molecule has 2 rings (SSSR count). The molecule has 0 bridgehead atoms. The summed E-state index contributed by atoms with van der Waals surface area (Å²) >= 11 is 1.64. The SMILES string of the molecule is Cc1ccsc1-c1cc(C(=O)O)c(C)n1C. The van der Waals surface area contributed by atoms with E-state index in [1.165, 1.54) is 5.56 Å². The maximum Gasteiger partial charge on any atom is 0.337 e. The van der Waals surface area contributed by atoms with Crippen molar-refractivity contribution in [3.63, 3.8) is 0 Å². The molecular weight excluding hydrogens is 222 g/mol. The molecule has 0 spiro atoms. The van der Waals surface area contributed by atoms with E-state index in [-0.39, 0.29) is 0 Å². The fourth-order valence-electron chi connectivity index (χ4n) is 1.77. The number of hydrogen-bond acceptors (Lipinski definition) is 2. The first-order chi connectivity index (χ1) is 7.52. The molecule has 0 radical (unpaired) electrons. The van der Waals surface area contributed by atoms with Gasteiger partial charge in [0, 0.05) is 12.7 Å². The second kappa shape index (κ2) is 3.79. The highest BCUT2D eigenvalue weighted by Crippen LogP contribution is 2.31. The number of nitrogens with zero attached hydrogens (tertiary/aromatic N) is 1. The summed E-state index contributed by atoms with van der Waals surface area (Å²) < 4.78 is 1.93. The summed E-state index contributed by atoms with van der Waals surface area (Å²) in [6.07, 6.45) is 0. The average molecular weight is 235 g/mol. The first kappa shape index (κ1) is 11.0. The van der Waals surface area contributed by atoms with Gasteiger partial charge in [-0.2, -0.15) is 0 Å². The standard InChI is InChI=1S/C12H13NO2S/c1-7-4-5-16-11(7)10-6-9(12(14)15)8(2)13(10)3/h4-6H,1-3H3,(H,14,15). The first-order valence-electron chi connectivity index (χ1n) is 4.96. The molecule has 0 fully saturated rings. The van der Waals surface area contributed by atoms with Crippen LogP contribution in [0.4, 0.5) is 0 Å². The third-order valence-electron chi connectivity index (χ3n) is 2.86. The van der Waals surface area contributed by atoms with Crippen molar-refractivity contribution in [1.29, 1.82) is 0 Å². The van der Waals surface area contributed by atoms with Crippen LogP contribution in [0.3, 0.4) is 0 Å². The summed E-state index contributed by atoms with van der Waals surface area (Å²) in [4.78, 5) is 12.2. The number of aryl methyl sites for hydroxylation is 1. The van der Waals surface area contributed by atoms with Gasteiger partial charge in [0.05, 0.1) is 16.1 Å². The summed E-state index contributed by atoms with van der Waals surface area (Å²) in [6.45, 7) is 3.87. The molecule has 0 aliphatic rings. The van der Waals surface area contributed by atoms with Crippen LogP contribution >= 0.6 is 11.3 Å². The van der Waals surface area contributed by atoms with Crippen molar-refractivity contribution in [1.82, 2.24) is 4.57 Å². The molecule has 0 saturated heterocycles. The van der Waals surface area contributed by atoms with E-state index in [1.807, 2.05) is 36.9 Å². The van der Waals surface area contributed by atoms with E-state index >= 15 is 0 Å².